The monoisotopic (exact) mass is 280 g/mol. The maximum absolute atomic E-state index is 10.9. The summed E-state index contributed by atoms with van der Waals surface area (Å²) < 4.78 is 34.8. The number of hydrogen-bond acceptors (Lipinski definition) is 6. The fourth-order valence-electron chi connectivity index (χ4n) is 1.35. The van der Waals surface area contributed by atoms with Crippen LogP contribution in [0.4, 0.5) is 0 Å². The van der Waals surface area contributed by atoms with Crippen molar-refractivity contribution in [1.82, 2.24) is 0 Å². The van der Waals surface area contributed by atoms with Crippen LogP contribution in [0.3, 0.4) is 0 Å². The minimum absolute atomic E-state index is 0.213. The highest BCUT2D eigenvalue weighted by Gasteiger charge is 2.19. The highest BCUT2D eigenvalue weighted by atomic mass is 32.2. The Kier molecular flexibility index (Phi) is 5.89. The lowest BCUT2D eigenvalue weighted by Gasteiger charge is -2.13. The minimum atomic E-state index is -4.08. The largest absolute Gasteiger partial charge is 0.286 e. The third-order valence-electron chi connectivity index (χ3n) is 2.03. The topological polar surface area (TPSA) is 93.1 Å². The van der Waals surface area contributed by atoms with E-state index >= 15 is 0 Å². The first-order valence-corrected chi connectivity index (χ1v) is 7.14. The number of benzene rings is 1. The van der Waals surface area contributed by atoms with Gasteiger partial charge in [-0.25, -0.2) is 5.26 Å². The lowest BCUT2D eigenvalue weighted by molar-refractivity contribution is -0.432. The molecule has 0 heterocycles. The van der Waals surface area contributed by atoms with Crippen LogP contribution in [0, 0.1) is 0 Å². The molecule has 0 spiro atoms. The Morgan fingerprint density at radius 1 is 1.29 bits per heavy atom. The zero-order valence-corrected chi connectivity index (χ0v) is 10.4. The van der Waals surface area contributed by atoms with Crippen LogP contribution in [0.5, 0.6) is 0 Å². The van der Waals surface area contributed by atoms with Crippen LogP contribution in [0.25, 0.3) is 0 Å². The van der Waals surface area contributed by atoms with Crippen LogP contribution in [0.1, 0.15) is 11.5 Å². The SMILES string of the molecule is O=S(=O)(O)CC(CSOOO)c1ccccc1. The van der Waals surface area contributed by atoms with Crippen LogP contribution in [0.15, 0.2) is 30.3 Å². The molecule has 1 atom stereocenters. The molecule has 1 unspecified atom stereocenters. The van der Waals surface area contributed by atoms with Gasteiger partial charge in [-0.3, -0.25) is 4.55 Å². The second kappa shape index (κ2) is 6.94. The van der Waals surface area contributed by atoms with Crippen molar-refractivity contribution >= 4 is 22.2 Å². The summed E-state index contributed by atoms with van der Waals surface area (Å²) in [5.74, 6) is -0.658. The lowest BCUT2D eigenvalue weighted by Crippen LogP contribution is -2.16. The molecule has 0 aliphatic heterocycles. The van der Waals surface area contributed by atoms with Crippen LogP contribution in [0.2, 0.25) is 0 Å². The highest BCUT2D eigenvalue weighted by Crippen LogP contribution is 2.22. The Bertz CT molecular complexity index is 418. The maximum atomic E-state index is 10.9. The van der Waals surface area contributed by atoms with Crippen molar-refractivity contribution in [2.24, 2.45) is 0 Å². The summed E-state index contributed by atoms with van der Waals surface area (Å²) in [7, 11) is -4.08. The van der Waals surface area contributed by atoms with Crippen molar-refractivity contribution < 1.29 is 27.6 Å². The molecule has 0 aliphatic rings. The van der Waals surface area contributed by atoms with Crippen LogP contribution >= 0.6 is 12.0 Å². The van der Waals surface area contributed by atoms with Gasteiger partial charge in [-0.15, -0.1) is 4.33 Å². The molecular weight excluding hydrogens is 268 g/mol. The summed E-state index contributed by atoms with van der Waals surface area (Å²) in [6.07, 6.45) is 0. The zero-order valence-electron chi connectivity index (χ0n) is 8.72. The van der Waals surface area contributed by atoms with Gasteiger partial charge in [0.05, 0.1) is 5.75 Å². The molecule has 0 amide bonds. The normalized spacial score (nSPS) is 13.5. The fourth-order valence-corrected chi connectivity index (χ4v) is 2.89. The molecule has 0 saturated heterocycles. The van der Waals surface area contributed by atoms with Crippen molar-refractivity contribution in [2.45, 2.75) is 5.92 Å². The van der Waals surface area contributed by atoms with Crippen molar-refractivity contribution in [3.8, 4) is 0 Å². The van der Waals surface area contributed by atoms with Gasteiger partial charge >= 0.3 is 0 Å². The number of rotatable bonds is 7. The van der Waals surface area contributed by atoms with Gasteiger partial charge < -0.3 is 0 Å². The molecule has 2 N–H and O–H groups in total. The van der Waals surface area contributed by atoms with Gasteiger partial charge in [-0.05, 0) is 5.56 Å². The molecule has 1 aromatic rings. The third kappa shape index (κ3) is 6.01. The lowest BCUT2D eigenvalue weighted by atomic mass is 10.0. The molecule has 1 rings (SSSR count). The molecule has 0 aromatic heterocycles. The Morgan fingerprint density at radius 3 is 2.47 bits per heavy atom. The van der Waals surface area contributed by atoms with E-state index in [2.05, 4.69) is 9.37 Å². The van der Waals surface area contributed by atoms with Gasteiger partial charge in [0, 0.05) is 23.7 Å². The number of hydrogen-bond donors (Lipinski definition) is 2. The first kappa shape index (κ1) is 14.4. The quantitative estimate of drug-likeness (QED) is 0.258. The van der Waals surface area contributed by atoms with E-state index in [0.717, 1.165) is 17.6 Å². The van der Waals surface area contributed by atoms with Gasteiger partial charge in [0.25, 0.3) is 10.1 Å². The van der Waals surface area contributed by atoms with E-state index in [4.69, 9.17) is 9.81 Å². The molecule has 17 heavy (non-hydrogen) atoms. The molecule has 0 bridgehead atoms. The first-order valence-electron chi connectivity index (χ1n) is 4.63. The second-order valence-corrected chi connectivity index (χ2v) is 5.49. The Hall–Kier alpha value is -0.640. The van der Waals surface area contributed by atoms with E-state index in [0.29, 0.717) is 0 Å². The van der Waals surface area contributed by atoms with E-state index in [-0.39, 0.29) is 5.75 Å². The molecule has 0 radical (unpaired) electrons. The molecule has 8 heteroatoms. The summed E-state index contributed by atoms with van der Waals surface area (Å²) >= 11 is 0.749. The molecular formula is C9H12O6S2. The maximum Gasteiger partial charge on any atom is 0.265 e. The predicted molar refractivity (Wildman–Crippen MR) is 62.9 cm³/mol. The van der Waals surface area contributed by atoms with Gasteiger partial charge in [0.1, 0.15) is 0 Å². The van der Waals surface area contributed by atoms with Gasteiger partial charge in [0.15, 0.2) is 0 Å². The first-order chi connectivity index (χ1) is 8.03. The van der Waals surface area contributed by atoms with Crippen LogP contribution < -0.4 is 0 Å². The van der Waals surface area contributed by atoms with Crippen molar-refractivity contribution in [1.29, 1.82) is 0 Å². The summed E-state index contributed by atoms with van der Waals surface area (Å²) in [6, 6.07) is 8.82. The molecule has 1 aromatic carbocycles. The van der Waals surface area contributed by atoms with E-state index in [9.17, 15) is 8.42 Å². The fraction of sp³-hybridized carbons (Fsp3) is 0.333. The summed E-state index contributed by atoms with van der Waals surface area (Å²) in [6.45, 7) is 0. The van der Waals surface area contributed by atoms with Gasteiger partial charge in [0.2, 0.25) is 0 Å². The minimum Gasteiger partial charge on any atom is -0.286 e. The van der Waals surface area contributed by atoms with Crippen LogP contribution in [-0.4, -0.2) is 29.7 Å². The van der Waals surface area contributed by atoms with Crippen molar-refractivity contribution in [2.75, 3.05) is 11.5 Å². The standard InChI is InChI=1S/C9H12O6S2/c10-14-15-16-6-9(7-17(11,12)13)8-4-2-1-3-5-8/h1-5,9-10H,6-7H2,(H,11,12,13). The van der Waals surface area contributed by atoms with Gasteiger partial charge in [-0.1, -0.05) is 35.4 Å². The van der Waals surface area contributed by atoms with E-state index in [1.54, 1.807) is 30.3 Å². The Balaban J connectivity index is 2.72. The molecule has 96 valence electrons. The zero-order chi connectivity index (χ0) is 12.7. The Labute approximate surface area is 103 Å². The summed E-state index contributed by atoms with van der Waals surface area (Å²) in [5, 5.41) is 11.4. The van der Waals surface area contributed by atoms with Crippen molar-refractivity contribution in [3.63, 3.8) is 0 Å². The molecule has 0 aliphatic carbocycles. The summed E-state index contributed by atoms with van der Waals surface area (Å²) in [4.78, 5) is 0. The van der Waals surface area contributed by atoms with E-state index in [1.165, 1.54) is 0 Å². The average Bonchev–Trinajstić information content (AvgIpc) is 2.28. The van der Waals surface area contributed by atoms with E-state index in [1.807, 2.05) is 0 Å². The smallest absolute Gasteiger partial charge is 0.265 e. The second-order valence-electron chi connectivity index (χ2n) is 3.28. The molecule has 6 nitrogen and oxygen atoms in total. The Morgan fingerprint density at radius 2 is 1.94 bits per heavy atom. The molecule has 0 saturated carbocycles. The third-order valence-corrected chi connectivity index (χ3v) is 3.55. The van der Waals surface area contributed by atoms with Crippen LogP contribution in [-0.2, 0) is 19.5 Å². The van der Waals surface area contributed by atoms with Gasteiger partial charge in [-0.2, -0.15) is 8.42 Å². The highest BCUT2D eigenvalue weighted by molar-refractivity contribution is 7.94. The van der Waals surface area contributed by atoms with Crippen molar-refractivity contribution in [3.05, 3.63) is 35.9 Å². The average molecular weight is 280 g/mol. The molecule has 0 fully saturated rings. The summed E-state index contributed by atoms with van der Waals surface area (Å²) in [5.41, 5.74) is 0.749. The predicted octanol–water partition coefficient (Wildman–Crippen LogP) is 1.73. The van der Waals surface area contributed by atoms with E-state index < -0.39 is 21.8 Å².